The smallest absolute Gasteiger partial charge is 0.266 e. The summed E-state index contributed by atoms with van der Waals surface area (Å²) < 4.78 is 0. The first-order valence-electron chi connectivity index (χ1n) is 7.50. The standard InChI is InChI=1S/C20H13ClN2OS/c21-17-8-4-5-9-18(17)23-20(24)15(13-22)12-16-10-11-19(25-16)14-6-2-1-3-7-14/h1-12H,(H,23,24)/b15-12+. The molecular formula is C20H13ClN2OS. The van der Waals surface area contributed by atoms with E-state index >= 15 is 0 Å². The van der Waals surface area contributed by atoms with Gasteiger partial charge in [-0.05, 0) is 35.9 Å². The fourth-order valence-electron chi connectivity index (χ4n) is 2.23. The van der Waals surface area contributed by atoms with Crippen molar-refractivity contribution < 1.29 is 4.79 Å². The van der Waals surface area contributed by atoms with Crippen molar-refractivity contribution in [1.82, 2.24) is 0 Å². The molecule has 0 atom stereocenters. The number of hydrogen-bond acceptors (Lipinski definition) is 3. The zero-order valence-electron chi connectivity index (χ0n) is 13.1. The van der Waals surface area contributed by atoms with Crippen LogP contribution in [0, 0.1) is 11.3 Å². The van der Waals surface area contributed by atoms with Crippen LogP contribution in [-0.4, -0.2) is 5.91 Å². The summed E-state index contributed by atoms with van der Waals surface area (Å²) in [6, 6.07) is 22.7. The number of hydrogen-bond donors (Lipinski definition) is 1. The number of halogens is 1. The normalized spacial score (nSPS) is 11.0. The fraction of sp³-hybridized carbons (Fsp3) is 0. The van der Waals surface area contributed by atoms with Crippen LogP contribution < -0.4 is 5.32 Å². The number of nitrogens with zero attached hydrogens (tertiary/aromatic N) is 1. The van der Waals surface area contributed by atoms with E-state index in [4.69, 9.17) is 11.6 Å². The molecule has 1 aromatic heterocycles. The first-order valence-corrected chi connectivity index (χ1v) is 8.70. The predicted molar refractivity (Wildman–Crippen MR) is 103 cm³/mol. The molecule has 0 aliphatic carbocycles. The maximum atomic E-state index is 12.3. The van der Waals surface area contributed by atoms with E-state index in [-0.39, 0.29) is 5.57 Å². The van der Waals surface area contributed by atoms with Crippen LogP contribution in [0.3, 0.4) is 0 Å². The number of carbonyl (C=O) groups is 1. The van der Waals surface area contributed by atoms with Crippen molar-refractivity contribution in [2.45, 2.75) is 0 Å². The van der Waals surface area contributed by atoms with Gasteiger partial charge in [-0.2, -0.15) is 5.26 Å². The minimum absolute atomic E-state index is 0.0291. The molecule has 0 bridgehead atoms. The predicted octanol–water partition coefficient (Wildman–Crippen LogP) is 5.61. The Labute approximate surface area is 154 Å². The Morgan fingerprint density at radius 1 is 1.04 bits per heavy atom. The Kier molecular flexibility index (Phi) is 5.30. The van der Waals surface area contributed by atoms with E-state index < -0.39 is 5.91 Å². The van der Waals surface area contributed by atoms with Gasteiger partial charge in [-0.25, -0.2) is 0 Å². The number of thiophene rings is 1. The lowest BCUT2D eigenvalue weighted by Crippen LogP contribution is -2.13. The summed E-state index contributed by atoms with van der Waals surface area (Å²) in [6.07, 6.45) is 1.59. The highest BCUT2D eigenvalue weighted by Gasteiger charge is 2.12. The van der Waals surface area contributed by atoms with E-state index in [9.17, 15) is 10.1 Å². The topological polar surface area (TPSA) is 52.9 Å². The van der Waals surface area contributed by atoms with Crippen LogP contribution in [0.15, 0.2) is 72.3 Å². The van der Waals surface area contributed by atoms with Gasteiger partial charge < -0.3 is 5.32 Å². The highest BCUT2D eigenvalue weighted by atomic mass is 35.5. The van der Waals surface area contributed by atoms with Crippen LogP contribution in [0.5, 0.6) is 0 Å². The van der Waals surface area contributed by atoms with Gasteiger partial charge in [0.05, 0.1) is 10.7 Å². The van der Waals surface area contributed by atoms with Gasteiger partial charge in [0.15, 0.2) is 0 Å². The van der Waals surface area contributed by atoms with E-state index in [2.05, 4.69) is 5.32 Å². The minimum atomic E-state index is -0.481. The molecule has 25 heavy (non-hydrogen) atoms. The van der Waals surface area contributed by atoms with Crippen LogP contribution >= 0.6 is 22.9 Å². The minimum Gasteiger partial charge on any atom is -0.320 e. The molecule has 0 fully saturated rings. The number of anilines is 1. The van der Waals surface area contributed by atoms with Gasteiger partial charge in [-0.15, -0.1) is 11.3 Å². The van der Waals surface area contributed by atoms with E-state index in [0.29, 0.717) is 10.7 Å². The Balaban J connectivity index is 1.81. The van der Waals surface area contributed by atoms with Gasteiger partial charge in [-0.1, -0.05) is 54.1 Å². The van der Waals surface area contributed by atoms with Gasteiger partial charge in [-0.3, -0.25) is 4.79 Å². The van der Waals surface area contributed by atoms with Crippen molar-refractivity contribution in [3.63, 3.8) is 0 Å². The quantitative estimate of drug-likeness (QED) is 0.483. The number of nitriles is 1. The third-order valence-electron chi connectivity index (χ3n) is 3.46. The van der Waals surface area contributed by atoms with Crippen molar-refractivity contribution in [2.75, 3.05) is 5.32 Å². The first-order chi connectivity index (χ1) is 12.2. The average molecular weight is 365 g/mol. The Bertz CT molecular complexity index is 971. The third-order valence-corrected chi connectivity index (χ3v) is 4.87. The highest BCUT2D eigenvalue weighted by molar-refractivity contribution is 7.16. The lowest BCUT2D eigenvalue weighted by molar-refractivity contribution is -0.112. The molecule has 1 amide bonds. The van der Waals surface area contributed by atoms with Crippen molar-refractivity contribution in [2.24, 2.45) is 0 Å². The number of para-hydroxylation sites is 1. The molecule has 0 aliphatic heterocycles. The molecule has 0 unspecified atom stereocenters. The maximum absolute atomic E-state index is 12.3. The third kappa shape index (κ3) is 4.16. The van der Waals surface area contributed by atoms with E-state index in [1.54, 1.807) is 30.3 Å². The molecule has 0 aliphatic rings. The molecule has 122 valence electrons. The zero-order chi connectivity index (χ0) is 17.6. The second-order valence-electron chi connectivity index (χ2n) is 5.17. The Morgan fingerprint density at radius 2 is 1.76 bits per heavy atom. The number of rotatable bonds is 4. The van der Waals surface area contributed by atoms with Gasteiger partial charge in [0.1, 0.15) is 11.6 Å². The van der Waals surface area contributed by atoms with E-state index in [1.165, 1.54) is 11.3 Å². The summed E-state index contributed by atoms with van der Waals surface area (Å²) in [5.41, 5.74) is 1.61. The average Bonchev–Trinajstić information content (AvgIpc) is 3.11. The van der Waals surface area contributed by atoms with Gasteiger partial charge in [0, 0.05) is 9.75 Å². The number of carbonyl (C=O) groups excluding carboxylic acids is 1. The summed E-state index contributed by atoms with van der Waals surface area (Å²) >= 11 is 7.56. The summed E-state index contributed by atoms with van der Waals surface area (Å²) in [6.45, 7) is 0. The number of amides is 1. The molecule has 0 saturated carbocycles. The van der Waals surface area contributed by atoms with Crippen molar-refractivity contribution >= 4 is 40.6 Å². The lowest BCUT2D eigenvalue weighted by Gasteiger charge is -2.05. The second kappa shape index (κ2) is 7.80. The van der Waals surface area contributed by atoms with E-state index in [0.717, 1.165) is 15.3 Å². The molecule has 0 radical (unpaired) electrons. The number of nitrogens with one attached hydrogen (secondary N) is 1. The van der Waals surface area contributed by atoms with Crippen LogP contribution in [0.4, 0.5) is 5.69 Å². The molecule has 1 N–H and O–H groups in total. The first kappa shape index (κ1) is 17.0. The van der Waals surface area contributed by atoms with Crippen molar-refractivity contribution in [3.8, 4) is 16.5 Å². The maximum Gasteiger partial charge on any atom is 0.266 e. The molecule has 5 heteroatoms. The second-order valence-corrected chi connectivity index (χ2v) is 6.69. The molecule has 2 aromatic carbocycles. The molecule has 0 saturated heterocycles. The molecule has 0 spiro atoms. The molecule has 1 heterocycles. The molecular weight excluding hydrogens is 352 g/mol. The fourth-order valence-corrected chi connectivity index (χ4v) is 3.37. The van der Waals surface area contributed by atoms with Crippen molar-refractivity contribution in [1.29, 1.82) is 5.26 Å². The summed E-state index contributed by atoms with van der Waals surface area (Å²) in [5.74, 6) is -0.481. The molecule has 3 aromatic rings. The SMILES string of the molecule is N#C/C(=C\c1ccc(-c2ccccc2)s1)C(=O)Nc1ccccc1Cl. The van der Waals surface area contributed by atoms with Gasteiger partial charge in [0.2, 0.25) is 0 Å². The summed E-state index contributed by atoms with van der Waals surface area (Å²) in [5, 5.41) is 12.4. The zero-order valence-corrected chi connectivity index (χ0v) is 14.6. The highest BCUT2D eigenvalue weighted by Crippen LogP contribution is 2.29. The van der Waals surface area contributed by atoms with Gasteiger partial charge >= 0.3 is 0 Å². The monoisotopic (exact) mass is 364 g/mol. The lowest BCUT2D eigenvalue weighted by atomic mass is 10.2. The van der Waals surface area contributed by atoms with Crippen molar-refractivity contribution in [3.05, 3.63) is 82.2 Å². The molecule has 3 nitrogen and oxygen atoms in total. The Morgan fingerprint density at radius 3 is 2.48 bits per heavy atom. The van der Waals surface area contributed by atoms with Crippen LogP contribution in [0.1, 0.15) is 4.88 Å². The largest absolute Gasteiger partial charge is 0.320 e. The Hall–Kier alpha value is -2.87. The van der Waals surface area contributed by atoms with E-state index in [1.807, 2.05) is 48.5 Å². The molecule has 3 rings (SSSR count). The van der Waals surface area contributed by atoms with Crippen LogP contribution in [-0.2, 0) is 4.79 Å². The summed E-state index contributed by atoms with van der Waals surface area (Å²) in [4.78, 5) is 14.2. The van der Waals surface area contributed by atoms with Gasteiger partial charge in [0.25, 0.3) is 5.91 Å². The summed E-state index contributed by atoms with van der Waals surface area (Å²) in [7, 11) is 0. The van der Waals surface area contributed by atoms with Crippen LogP contribution in [0.2, 0.25) is 5.02 Å². The van der Waals surface area contributed by atoms with Crippen LogP contribution in [0.25, 0.3) is 16.5 Å². The number of benzene rings is 2.